The first-order valence-corrected chi connectivity index (χ1v) is 6.90. The number of halogens is 3. The summed E-state index contributed by atoms with van der Waals surface area (Å²) in [6, 6.07) is 10.0. The summed E-state index contributed by atoms with van der Waals surface area (Å²) >= 11 is 11.6. The molecule has 0 fully saturated rings. The van der Waals surface area contributed by atoms with Crippen LogP contribution in [0, 0.1) is 12.7 Å². The second kappa shape index (κ2) is 6.82. The topological polar surface area (TPSA) is 21.3 Å². The van der Waals surface area contributed by atoms with Gasteiger partial charge in [-0.3, -0.25) is 0 Å². The molecule has 5 heteroatoms. The van der Waals surface area contributed by atoms with E-state index in [-0.39, 0.29) is 5.02 Å². The van der Waals surface area contributed by atoms with Crippen LogP contribution in [0.3, 0.4) is 0 Å². The Morgan fingerprint density at radius 3 is 2.60 bits per heavy atom. The van der Waals surface area contributed by atoms with Crippen LogP contribution in [0.15, 0.2) is 36.4 Å². The molecule has 0 unspecified atom stereocenters. The summed E-state index contributed by atoms with van der Waals surface area (Å²) in [7, 11) is 0. The van der Waals surface area contributed by atoms with E-state index >= 15 is 0 Å². The zero-order chi connectivity index (χ0) is 14.5. The van der Waals surface area contributed by atoms with Crippen LogP contribution in [0.2, 0.25) is 10.0 Å². The summed E-state index contributed by atoms with van der Waals surface area (Å²) in [5.41, 5.74) is 1.73. The number of nitrogens with one attached hydrogen (secondary N) is 1. The maximum atomic E-state index is 13.0. The van der Waals surface area contributed by atoms with Crippen LogP contribution >= 0.6 is 23.2 Å². The van der Waals surface area contributed by atoms with E-state index in [0.29, 0.717) is 13.2 Å². The van der Waals surface area contributed by atoms with Crippen LogP contribution in [0.25, 0.3) is 0 Å². The van der Waals surface area contributed by atoms with E-state index in [4.69, 9.17) is 27.9 Å². The second-order valence-electron chi connectivity index (χ2n) is 4.32. The minimum atomic E-state index is -0.426. The number of ether oxygens (including phenoxy) is 1. The van der Waals surface area contributed by atoms with Gasteiger partial charge in [-0.2, -0.15) is 0 Å². The normalized spacial score (nSPS) is 10.4. The van der Waals surface area contributed by atoms with Crippen LogP contribution in [-0.4, -0.2) is 13.2 Å². The third-order valence-electron chi connectivity index (χ3n) is 2.75. The first-order chi connectivity index (χ1) is 9.56. The average molecular weight is 314 g/mol. The number of aryl methyl sites for hydroxylation is 1. The molecular formula is C15H14Cl2FNO. The van der Waals surface area contributed by atoms with Gasteiger partial charge in [0.25, 0.3) is 0 Å². The SMILES string of the molecule is Cc1cc(OCCNc2ccc(F)c(Cl)c2)ccc1Cl. The predicted molar refractivity (Wildman–Crippen MR) is 81.6 cm³/mol. The van der Waals surface area contributed by atoms with E-state index in [1.165, 1.54) is 6.07 Å². The Morgan fingerprint density at radius 1 is 1.10 bits per heavy atom. The molecule has 0 radical (unpaired) electrons. The van der Waals surface area contributed by atoms with Gasteiger partial charge in [0.05, 0.1) is 5.02 Å². The van der Waals surface area contributed by atoms with Crippen LogP contribution in [0.5, 0.6) is 5.75 Å². The fourth-order valence-electron chi connectivity index (χ4n) is 1.68. The molecule has 0 aliphatic rings. The Hall–Kier alpha value is -1.45. The van der Waals surface area contributed by atoms with Gasteiger partial charge in [-0.1, -0.05) is 23.2 Å². The molecule has 2 nitrogen and oxygen atoms in total. The first kappa shape index (κ1) is 14.9. The minimum Gasteiger partial charge on any atom is -0.492 e. The summed E-state index contributed by atoms with van der Waals surface area (Å²) in [6.07, 6.45) is 0. The van der Waals surface area contributed by atoms with Crippen LogP contribution in [0.4, 0.5) is 10.1 Å². The summed E-state index contributed by atoms with van der Waals surface area (Å²) in [6.45, 7) is 2.99. The zero-order valence-corrected chi connectivity index (χ0v) is 12.4. The minimum absolute atomic E-state index is 0.101. The lowest BCUT2D eigenvalue weighted by atomic mass is 10.2. The highest BCUT2D eigenvalue weighted by molar-refractivity contribution is 6.31. The van der Waals surface area contributed by atoms with Gasteiger partial charge in [-0.25, -0.2) is 4.39 Å². The largest absolute Gasteiger partial charge is 0.492 e. The fourth-order valence-corrected chi connectivity index (χ4v) is 1.98. The van der Waals surface area contributed by atoms with Crippen molar-refractivity contribution in [3.05, 3.63) is 57.8 Å². The second-order valence-corrected chi connectivity index (χ2v) is 5.13. The van der Waals surface area contributed by atoms with Gasteiger partial charge < -0.3 is 10.1 Å². The van der Waals surface area contributed by atoms with Crippen LogP contribution in [-0.2, 0) is 0 Å². The number of hydrogen-bond acceptors (Lipinski definition) is 2. The average Bonchev–Trinajstić information content (AvgIpc) is 2.42. The van der Waals surface area contributed by atoms with Gasteiger partial charge in [0.15, 0.2) is 0 Å². The molecule has 2 aromatic rings. The smallest absolute Gasteiger partial charge is 0.141 e. The maximum Gasteiger partial charge on any atom is 0.141 e. The van der Waals surface area contributed by atoms with Crippen LogP contribution < -0.4 is 10.1 Å². The number of benzene rings is 2. The van der Waals surface area contributed by atoms with Crippen molar-refractivity contribution in [1.82, 2.24) is 0 Å². The van der Waals surface area contributed by atoms with E-state index in [2.05, 4.69) is 5.32 Å². The quantitative estimate of drug-likeness (QED) is 0.790. The van der Waals surface area contributed by atoms with Crippen molar-refractivity contribution >= 4 is 28.9 Å². The molecule has 0 saturated carbocycles. The van der Waals surface area contributed by atoms with Gasteiger partial charge >= 0.3 is 0 Å². The molecule has 0 aromatic heterocycles. The lowest BCUT2D eigenvalue weighted by molar-refractivity contribution is 0.332. The van der Waals surface area contributed by atoms with E-state index in [1.54, 1.807) is 18.2 Å². The Morgan fingerprint density at radius 2 is 1.90 bits per heavy atom. The van der Waals surface area contributed by atoms with Gasteiger partial charge in [0.2, 0.25) is 0 Å². The third-order valence-corrected chi connectivity index (χ3v) is 3.46. The Labute approximate surface area is 127 Å². The van der Waals surface area contributed by atoms with E-state index < -0.39 is 5.82 Å². The van der Waals surface area contributed by atoms with E-state index in [9.17, 15) is 4.39 Å². The number of rotatable bonds is 5. The Bertz CT molecular complexity index is 551. The molecular weight excluding hydrogens is 300 g/mol. The summed E-state index contributed by atoms with van der Waals surface area (Å²) in [5, 5.41) is 3.93. The van der Waals surface area contributed by atoms with Crippen molar-refractivity contribution in [2.24, 2.45) is 0 Å². The molecule has 2 rings (SSSR count). The van der Waals surface area contributed by atoms with Crippen molar-refractivity contribution in [2.75, 3.05) is 18.5 Å². The lowest BCUT2D eigenvalue weighted by Gasteiger charge is -2.10. The molecule has 0 spiro atoms. The molecule has 0 atom stereocenters. The van der Waals surface area contributed by atoms with E-state index in [0.717, 1.165) is 22.0 Å². The first-order valence-electron chi connectivity index (χ1n) is 6.14. The monoisotopic (exact) mass is 313 g/mol. The molecule has 0 aliphatic carbocycles. The standard InChI is InChI=1S/C15H14Cl2FNO/c1-10-8-12(3-4-13(10)16)20-7-6-19-11-2-5-15(18)14(17)9-11/h2-5,8-9,19H,6-7H2,1H3. The maximum absolute atomic E-state index is 13.0. The number of anilines is 1. The molecule has 2 aromatic carbocycles. The van der Waals surface area contributed by atoms with Gasteiger partial charge in [0, 0.05) is 17.3 Å². The molecule has 0 bridgehead atoms. The highest BCUT2D eigenvalue weighted by Crippen LogP contribution is 2.21. The van der Waals surface area contributed by atoms with Crippen molar-refractivity contribution in [1.29, 1.82) is 0 Å². The molecule has 1 N–H and O–H groups in total. The van der Waals surface area contributed by atoms with Crippen LogP contribution in [0.1, 0.15) is 5.56 Å². The van der Waals surface area contributed by atoms with Crippen molar-refractivity contribution in [2.45, 2.75) is 6.92 Å². The lowest BCUT2D eigenvalue weighted by Crippen LogP contribution is -2.11. The molecule has 20 heavy (non-hydrogen) atoms. The van der Waals surface area contributed by atoms with E-state index in [1.807, 2.05) is 19.1 Å². The summed E-state index contributed by atoms with van der Waals surface area (Å²) in [5.74, 6) is 0.343. The zero-order valence-electron chi connectivity index (χ0n) is 10.9. The molecule has 0 heterocycles. The highest BCUT2D eigenvalue weighted by Gasteiger charge is 2.01. The van der Waals surface area contributed by atoms with Crippen molar-refractivity contribution in [3.63, 3.8) is 0 Å². The fraction of sp³-hybridized carbons (Fsp3) is 0.200. The van der Waals surface area contributed by atoms with Gasteiger partial charge in [-0.15, -0.1) is 0 Å². The number of hydrogen-bond donors (Lipinski definition) is 1. The van der Waals surface area contributed by atoms with Gasteiger partial charge in [0.1, 0.15) is 18.2 Å². The van der Waals surface area contributed by atoms with Gasteiger partial charge in [-0.05, 0) is 48.9 Å². The highest BCUT2D eigenvalue weighted by atomic mass is 35.5. The third kappa shape index (κ3) is 4.02. The Kier molecular flexibility index (Phi) is 5.10. The summed E-state index contributed by atoms with van der Waals surface area (Å²) < 4.78 is 18.6. The molecule has 0 amide bonds. The van der Waals surface area contributed by atoms with Crippen molar-refractivity contribution < 1.29 is 9.13 Å². The summed E-state index contributed by atoms with van der Waals surface area (Å²) in [4.78, 5) is 0. The Balaban J connectivity index is 1.81. The molecule has 0 aliphatic heterocycles. The molecule has 0 saturated heterocycles. The predicted octanol–water partition coefficient (Wildman–Crippen LogP) is 4.93. The molecule has 106 valence electrons. The van der Waals surface area contributed by atoms with Crippen molar-refractivity contribution in [3.8, 4) is 5.75 Å².